The van der Waals surface area contributed by atoms with E-state index in [1.807, 2.05) is 124 Å². The zero-order valence-electron chi connectivity index (χ0n) is 48.8. The highest BCUT2D eigenvalue weighted by Crippen LogP contribution is 2.43. The van der Waals surface area contributed by atoms with Crippen molar-refractivity contribution >= 4 is 46.1 Å². The van der Waals surface area contributed by atoms with Crippen molar-refractivity contribution in [2.45, 2.75) is 111 Å². The monoisotopic (exact) mass is 1160 g/mol. The minimum Gasteiger partial charge on any atom is -0.449 e. The summed E-state index contributed by atoms with van der Waals surface area (Å²) >= 11 is 2.96. The first-order chi connectivity index (χ1) is 38.3. The van der Waals surface area contributed by atoms with E-state index in [1.165, 1.54) is 72.5 Å². The highest BCUT2D eigenvalue weighted by atomic mass is 32.1. The third-order valence-corrected chi connectivity index (χ3v) is 20.0. The van der Waals surface area contributed by atoms with Crippen LogP contribution in [-0.2, 0) is 0 Å². The van der Waals surface area contributed by atoms with Gasteiger partial charge in [0.2, 0.25) is 0 Å². The van der Waals surface area contributed by atoms with Crippen LogP contribution >= 0.6 is 46.1 Å². The Balaban J connectivity index is 0.000000171. The molecule has 416 valence electrons. The minimum absolute atomic E-state index is 0.253. The van der Waals surface area contributed by atoms with Gasteiger partial charge in [0, 0.05) is 45.9 Å². The Labute approximate surface area is 483 Å². The van der Waals surface area contributed by atoms with Gasteiger partial charge in [-0.25, -0.2) is 33.8 Å². The maximum atomic E-state index is 4.85. The van der Waals surface area contributed by atoms with E-state index >= 15 is 0 Å². The van der Waals surface area contributed by atoms with Crippen LogP contribution in [0.1, 0.15) is 89.8 Å². The molecule has 0 aliphatic carbocycles. The lowest BCUT2D eigenvalue weighted by molar-refractivity contribution is 0.302. The molecular formula is C61H73N12O2P3S2. The van der Waals surface area contributed by atoms with Crippen molar-refractivity contribution in [1.29, 1.82) is 0 Å². The zero-order chi connectivity index (χ0) is 58.1. The van der Waals surface area contributed by atoms with Crippen LogP contribution in [-0.4, -0.2) is 57.8 Å². The zero-order valence-corrected chi connectivity index (χ0v) is 53.1. The number of benzene rings is 4. The fourth-order valence-electron chi connectivity index (χ4n) is 6.35. The largest absolute Gasteiger partial charge is 0.449 e. The lowest BCUT2D eigenvalue weighted by Crippen LogP contribution is -1.94. The van der Waals surface area contributed by atoms with Gasteiger partial charge in [0.1, 0.15) is 17.1 Å². The molecule has 19 heteroatoms. The number of hydrogen-bond donors (Lipinski definition) is 0. The highest BCUT2D eigenvalue weighted by Gasteiger charge is 2.07. The first-order valence-corrected chi connectivity index (χ1v) is 31.4. The van der Waals surface area contributed by atoms with Gasteiger partial charge in [0.25, 0.3) is 0 Å². The van der Waals surface area contributed by atoms with Gasteiger partial charge in [-0.05, 0) is 169 Å². The van der Waals surface area contributed by atoms with Gasteiger partial charge < -0.3 is 8.98 Å². The summed E-state index contributed by atoms with van der Waals surface area (Å²) in [4.78, 5) is 17.8. The number of aryl methyl sites for hydroxylation is 14. The Bertz CT molecular complexity index is 3230. The summed E-state index contributed by atoms with van der Waals surface area (Å²) in [6, 6.07) is 41.6. The molecule has 0 saturated heterocycles. The molecule has 4 aromatic carbocycles. The molecule has 0 spiro atoms. The van der Waals surface area contributed by atoms with Crippen LogP contribution in [0.25, 0.3) is 21.6 Å². The molecule has 0 amide bonds. The molecule has 8 aromatic heterocycles. The summed E-state index contributed by atoms with van der Waals surface area (Å²) in [7, 11) is -1.29. The molecular weight excluding hydrogens is 1090 g/mol. The lowest BCUT2D eigenvalue weighted by atomic mass is 10.3. The van der Waals surface area contributed by atoms with E-state index < -0.39 is 15.5 Å². The van der Waals surface area contributed by atoms with Crippen molar-refractivity contribution in [1.82, 2.24) is 57.8 Å². The summed E-state index contributed by atoms with van der Waals surface area (Å²) in [5.74, 6) is 5.27. The van der Waals surface area contributed by atoms with Crippen LogP contribution in [0.2, 0.25) is 0 Å². The van der Waals surface area contributed by atoms with Crippen LogP contribution in [0.3, 0.4) is 0 Å². The Hall–Kier alpha value is -7.31. The average Bonchev–Trinajstić information content (AvgIpc) is 4.40. The van der Waals surface area contributed by atoms with Gasteiger partial charge in [-0.1, -0.05) is 103 Å². The van der Waals surface area contributed by atoms with E-state index in [1.54, 1.807) is 11.3 Å². The molecule has 14 nitrogen and oxygen atoms in total. The third-order valence-electron chi connectivity index (χ3n) is 12.5. The number of nitrogens with zero attached hydrogens (tertiary/aromatic N) is 12. The van der Waals surface area contributed by atoms with Crippen LogP contribution in [0.15, 0.2) is 160 Å². The third kappa shape index (κ3) is 20.1. The van der Waals surface area contributed by atoms with Crippen LogP contribution in [0, 0.1) is 111 Å². The van der Waals surface area contributed by atoms with Crippen molar-refractivity contribution in [3.63, 3.8) is 0 Å². The van der Waals surface area contributed by atoms with E-state index in [9.17, 15) is 0 Å². The van der Waals surface area contributed by atoms with Crippen molar-refractivity contribution in [3.05, 3.63) is 241 Å². The number of para-hydroxylation sites is 1. The second-order valence-electron chi connectivity index (χ2n) is 18.3. The van der Waals surface area contributed by atoms with E-state index in [2.05, 4.69) is 195 Å². The van der Waals surface area contributed by atoms with Crippen molar-refractivity contribution in [2.24, 2.45) is 0 Å². The standard InChI is InChI=1S/C11H12N2.2C11H12NP.C10H11N2P.C5H7NO.C5H7NS.C4H6N2O.C4H6N2S/c2*1-9-10(2)13(8-12-9)11-6-4-3-5-7-11;1-9-8-13(12-10(9)2)11-6-4-3-5-7-11;1-8-9(2)12-13(11-8)10-6-4-3-5-7-10;2*1-4-5(2)7-3-6-4;2*1-3-4(2)6-7-5-3/h3*3-8H,1-2H3;3-7H,1-2H3;2*3H,1-2H3;2*1-2H3. The van der Waals surface area contributed by atoms with Gasteiger partial charge in [-0.15, -0.1) is 11.3 Å². The Morgan fingerprint density at radius 1 is 0.450 bits per heavy atom. The maximum absolute atomic E-state index is 4.85. The Kier molecular flexibility index (Phi) is 26.0. The molecule has 12 aromatic rings. The molecule has 2 atom stereocenters. The highest BCUT2D eigenvalue weighted by molar-refractivity contribution is 7.57. The second-order valence-corrected chi connectivity index (χ2v) is 25.2. The number of oxazole rings is 1. The van der Waals surface area contributed by atoms with Gasteiger partial charge in [0.05, 0.1) is 77.2 Å². The minimum atomic E-state index is -0.643. The summed E-state index contributed by atoms with van der Waals surface area (Å²) in [6.07, 6.45) is 3.31. The number of imidazole rings is 1. The lowest BCUT2D eigenvalue weighted by Gasteiger charge is -2.03. The molecule has 0 radical (unpaired) electrons. The quantitative estimate of drug-likeness (QED) is 0.163. The maximum Gasteiger partial charge on any atom is 0.181 e. The molecule has 0 fully saturated rings. The van der Waals surface area contributed by atoms with E-state index in [-0.39, 0.29) is 7.53 Å². The molecule has 0 aliphatic rings. The van der Waals surface area contributed by atoms with E-state index in [0.29, 0.717) is 0 Å². The number of aromatic nitrogens is 12. The average molecular weight is 1160 g/mol. The van der Waals surface area contributed by atoms with Gasteiger partial charge in [0.15, 0.2) is 6.39 Å². The molecule has 0 aliphatic heterocycles. The van der Waals surface area contributed by atoms with Gasteiger partial charge in [-0.2, -0.15) is 8.75 Å². The summed E-state index contributed by atoms with van der Waals surface area (Å²) in [5.41, 5.74) is 17.1. The summed E-state index contributed by atoms with van der Waals surface area (Å²) < 4.78 is 32.8. The first-order valence-electron chi connectivity index (χ1n) is 25.8. The second kappa shape index (κ2) is 32.7. The molecule has 12 rings (SSSR count). The van der Waals surface area contributed by atoms with Crippen LogP contribution in [0.4, 0.5) is 0 Å². The van der Waals surface area contributed by atoms with Gasteiger partial charge >= 0.3 is 0 Å². The van der Waals surface area contributed by atoms with Gasteiger partial charge in [-0.3, -0.25) is 4.98 Å². The predicted octanol–water partition coefficient (Wildman–Crippen LogP) is 17.8. The normalized spacial score (nSPS) is 10.4. The van der Waals surface area contributed by atoms with Crippen molar-refractivity contribution in [2.75, 3.05) is 0 Å². The van der Waals surface area contributed by atoms with E-state index in [4.69, 9.17) is 4.42 Å². The number of thiazole rings is 1. The molecule has 0 saturated carbocycles. The Morgan fingerprint density at radius 3 is 1.31 bits per heavy atom. The fourth-order valence-corrected chi connectivity index (χ4v) is 12.8. The van der Waals surface area contributed by atoms with Crippen LogP contribution < -0.4 is 0 Å². The summed E-state index contributed by atoms with van der Waals surface area (Å²) in [6.45, 7) is 32.1. The molecule has 2 unspecified atom stereocenters. The molecule has 0 N–H and O–H groups in total. The van der Waals surface area contributed by atoms with Crippen LogP contribution in [0.5, 0.6) is 0 Å². The summed E-state index contributed by atoms with van der Waals surface area (Å²) in [5, 5.41) is 12.5. The molecule has 80 heavy (non-hydrogen) atoms. The Morgan fingerprint density at radius 2 is 0.975 bits per heavy atom. The SMILES string of the molecule is Cc1cp(-c2ccccc2)nc1C.Cc1ncn(-c2ccccc2)c1C.Cc1ncoc1C.Cc1ncp(-c2ccccc2)c1C.Cc1ncsc1C.Cc1nonc1C.Cc1np(-c2ccccc2)nc1C.Cc1nsnc1C. The van der Waals surface area contributed by atoms with Crippen molar-refractivity contribution in [3.8, 4) is 21.6 Å². The molecule has 0 bridgehead atoms. The number of hydrogen-bond acceptors (Lipinski definition) is 15. The first kappa shape index (κ1) is 63.5. The smallest absolute Gasteiger partial charge is 0.181 e. The molecule has 8 heterocycles. The number of rotatable bonds is 4. The predicted molar refractivity (Wildman–Crippen MR) is 335 cm³/mol. The fraction of sp³-hybridized carbons (Fsp3) is 0.262. The topological polar surface area (TPSA) is 173 Å². The van der Waals surface area contributed by atoms with Crippen molar-refractivity contribution < 1.29 is 9.05 Å². The van der Waals surface area contributed by atoms with E-state index in [0.717, 1.165) is 57.0 Å².